The predicted octanol–water partition coefficient (Wildman–Crippen LogP) is -0.0931. The second kappa shape index (κ2) is 4.62. The number of carboxylic acid groups (broad SMARTS) is 2. The second-order valence-corrected chi connectivity index (χ2v) is 2.99. The van der Waals surface area contributed by atoms with E-state index in [0.717, 1.165) is 0 Å². The van der Waals surface area contributed by atoms with Crippen LogP contribution in [0.3, 0.4) is 0 Å². The van der Waals surface area contributed by atoms with Crippen molar-refractivity contribution in [3.05, 3.63) is 11.0 Å². The van der Waals surface area contributed by atoms with Gasteiger partial charge in [0.25, 0.3) is 0 Å². The Bertz CT molecular complexity index is 450. The highest BCUT2D eigenvalue weighted by Gasteiger charge is 2.16. The first-order valence-corrected chi connectivity index (χ1v) is 4.31. The Hall–Kier alpha value is -2.09. The average molecular weight is 247 g/mol. The van der Waals surface area contributed by atoms with Crippen LogP contribution in [0.2, 0.25) is 5.28 Å². The molecule has 0 aromatic carbocycles. The Balaban J connectivity index is 3.09. The van der Waals surface area contributed by atoms with E-state index in [9.17, 15) is 9.59 Å². The van der Waals surface area contributed by atoms with Gasteiger partial charge in [-0.25, -0.2) is 9.78 Å². The van der Waals surface area contributed by atoms with Crippen molar-refractivity contribution in [1.82, 2.24) is 9.97 Å². The third kappa shape index (κ3) is 2.70. The molecule has 0 amide bonds. The number of nitrogen functional groups attached to an aromatic ring is 1. The Kier molecular flexibility index (Phi) is 3.46. The molecule has 1 heterocycles. The van der Waals surface area contributed by atoms with Gasteiger partial charge in [-0.15, -0.1) is 0 Å². The number of nitrogens with one attached hydrogen (secondary N) is 1. The SMILES string of the molecule is Nc1c(NCC(=O)O)nc(Cl)nc1C(=O)O. The molecule has 0 atom stereocenters. The molecule has 0 saturated carbocycles. The van der Waals surface area contributed by atoms with Gasteiger partial charge in [0.2, 0.25) is 5.28 Å². The van der Waals surface area contributed by atoms with E-state index in [4.69, 9.17) is 27.5 Å². The highest BCUT2D eigenvalue weighted by Crippen LogP contribution is 2.20. The van der Waals surface area contributed by atoms with Gasteiger partial charge in [0.05, 0.1) is 0 Å². The summed E-state index contributed by atoms with van der Waals surface area (Å²) in [5.41, 5.74) is 4.68. The average Bonchev–Trinajstić information content (AvgIpc) is 2.18. The minimum absolute atomic E-state index is 0.125. The Labute approximate surface area is 94.1 Å². The van der Waals surface area contributed by atoms with Crippen LogP contribution in [0, 0.1) is 0 Å². The van der Waals surface area contributed by atoms with Crippen molar-refractivity contribution in [2.75, 3.05) is 17.6 Å². The Morgan fingerprint density at radius 2 is 2.00 bits per heavy atom. The summed E-state index contributed by atoms with van der Waals surface area (Å²) >= 11 is 5.45. The van der Waals surface area contributed by atoms with Crippen LogP contribution < -0.4 is 11.1 Å². The topological polar surface area (TPSA) is 138 Å². The monoisotopic (exact) mass is 246 g/mol. The molecule has 0 unspecified atom stereocenters. The van der Waals surface area contributed by atoms with Crippen LogP contribution in [0.1, 0.15) is 10.5 Å². The first-order chi connectivity index (χ1) is 7.41. The quantitative estimate of drug-likeness (QED) is 0.541. The number of hydrogen-bond acceptors (Lipinski definition) is 6. The molecule has 16 heavy (non-hydrogen) atoms. The zero-order valence-electron chi connectivity index (χ0n) is 7.77. The van der Waals surface area contributed by atoms with Crippen LogP contribution in [0.5, 0.6) is 0 Å². The van der Waals surface area contributed by atoms with Gasteiger partial charge in [0.15, 0.2) is 11.5 Å². The lowest BCUT2D eigenvalue weighted by Crippen LogP contribution is -2.17. The number of nitrogens with zero attached hydrogens (tertiary/aromatic N) is 2. The zero-order chi connectivity index (χ0) is 12.3. The summed E-state index contributed by atoms with van der Waals surface area (Å²) in [6, 6.07) is 0. The van der Waals surface area contributed by atoms with E-state index in [1.807, 2.05) is 0 Å². The molecule has 0 aliphatic carbocycles. The first kappa shape index (κ1) is 12.0. The lowest BCUT2D eigenvalue weighted by Gasteiger charge is -2.08. The molecule has 0 saturated heterocycles. The maximum Gasteiger partial charge on any atom is 0.356 e. The number of aromatic nitrogens is 2. The minimum Gasteiger partial charge on any atom is -0.480 e. The highest BCUT2D eigenvalue weighted by molar-refractivity contribution is 6.28. The fourth-order valence-electron chi connectivity index (χ4n) is 0.899. The van der Waals surface area contributed by atoms with E-state index in [1.165, 1.54) is 0 Å². The van der Waals surface area contributed by atoms with E-state index in [2.05, 4.69) is 15.3 Å². The van der Waals surface area contributed by atoms with Crippen LogP contribution in [0.25, 0.3) is 0 Å². The predicted molar refractivity (Wildman–Crippen MR) is 54.5 cm³/mol. The summed E-state index contributed by atoms with van der Waals surface area (Å²) in [4.78, 5) is 28.0. The van der Waals surface area contributed by atoms with Gasteiger partial charge in [-0.3, -0.25) is 4.79 Å². The standard InChI is InChI=1S/C7H7ClN4O4/c8-7-11-4(6(15)16)3(9)5(12-7)10-1-2(13)14/h1,9H2,(H,13,14)(H,15,16)(H,10,11,12). The summed E-state index contributed by atoms with van der Waals surface area (Å²) in [6.45, 7) is -0.462. The van der Waals surface area contributed by atoms with Crippen LogP contribution in [0.15, 0.2) is 0 Å². The summed E-state index contributed by atoms with van der Waals surface area (Å²) in [5, 5.41) is 19.1. The summed E-state index contributed by atoms with van der Waals surface area (Å²) < 4.78 is 0. The van der Waals surface area contributed by atoms with Crippen molar-refractivity contribution in [2.45, 2.75) is 0 Å². The van der Waals surface area contributed by atoms with Crippen LogP contribution >= 0.6 is 11.6 Å². The lowest BCUT2D eigenvalue weighted by molar-refractivity contribution is -0.134. The number of aromatic carboxylic acids is 1. The number of hydrogen-bond donors (Lipinski definition) is 4. The molecular formula is C7H7ClN4O4. The van der Waals surface area contributed by atoms with Gasteiger partial charge in [0.1, 0.15) is 12.2 Å². The number of halogens is 1. The van der Waals surface area contributed by atoms with Crippen molar-refractivity contribution in [1.29, 1.82) is 0 Å². The van der Waals surface area contributed by atoms with Gasteiger partial charge in [-0.1, -0.05) is 0 Å². The van der Waals surface area contributed by atoms with Crippen molar-refractivity contribution in [2.24, 2.45) is 0 Å². The molecule has 8 nitrogen and oxygen atoms in total. The molecule has 0 radical (unpaired) electrons. The number of aliphatic carboxylic acids is 1. The Morgan fingerprint density at radius 1 is 1.38 bits per heavy atom. The maximum atomic E-state index is 10.7. The third-order valence-corrected chi connectivity index (χ3v) is 1.70. The molecule has 9 heteroatoms. The van der Waals surface area contributed by atoms with Crippen molar-refractivity contribution in [3.63, 3.8) is 0 Å². The molecule has 1 rings (SSSR count). The molecule has 1 aromatic rings. The molecule has 0 bridgehead atoms. The molecule has 0 aliphatic rings. The molecule has 0 spiro atoms. The van der Waals surface area contributed by atoms with Gasteiger partial charge < -0.3 is 21.3 Å². The van der Waals surface area contributed by atoms with Crippen molar-refractivity contribution in [3.8, 4) is 0 Å². The molecule has 1 aromatic heterocycles. The van der Waals surface area contributed by atoms with Crippen molar-refractivity contribution < 1.29 is 19.8 Å². The number of rotatable bonds is 4. The number of anilines is 2. The van der Waals surface area contributed by atoms with Crippen molar-refractivity contribution >= 4 is 35.0 Å². The van der Waals surface area contributed by atoms with E-state index in [-0.39, 0.29) is 16.8 Å². The molecule has 0 fully saturated rings. The lowest BCUT2D eigenvalue weighted by atomic mass is 10.3. The largest absolute Gasteiger partial charge is 0.480 e. The number of nitrogens with two attached hydrogens (primary N) is 1. The van der Waals surface area contributed by atoms with E-state index < -0.39 is 24.2 Å². The smallest absolute Gasteiger partial charge is 0.356 e. The normalized spacial score (nSPS) is 9.81. The summed E-state index contributed by atoms with van der Waals surface area (Å²) in [5.74, 6) is -2.65. The number of carbonyl (C=O) groups is 2. The van der Waals surface area contributed by atoms with Crippen LogP contribution in [-0.4, -0.2) is 38.7 Å². The highest BCUT2D eigenvalue weighted by atomic mass is 35.5. The van der Waals surface area contributed by atoms with Crippen LogP contribution in [0.4, 0.5) is 11.5 Å². The second-order valence-electron chi connectivity index (χ2n) is 2.66. The minimum atomic E-state index is -1.37. The van der Waals surface area contributed by atoms with E-state index in [1.54, 1.807) is 0 Å². The summed E-state index contributed by atoms with van der Waals surface area (Å²) in [7, 11) is 0. The molecule has 86 valence electrons. The van der Waals surface area contributed by atoms with Gasteiger partial charge in [0, 0.05) is 0 Å². The first-order valence-electron chi connectivity index (χ1n) is 3.93. The molecule has 5 N–H and O–H groups in total. The Morgan fingerprint density at radius 3 is 2.50 bits per heavy atom. The third-order valence-electron chi connectivity index (χ3n) is 1.53. The fourth-order valence-corrected chi connectivity index (χ4v) is 1.07. The van der Waals surface area contributed by atoms with Gasteiger partial charge in [-0.05, 0) is 11.6 Å². The summed E-state index contributed by atoms with van der Waals surface area (Å²) in [6.07, 6.45) is 0. The van der Waals surface area contributed by atoms with E-state index >= 15 is 0 Å². The number of carboxylic acids is 2. The zero-order valence-corrected chi connectivity index (χ0v) is 8.52. The molecular weight excluding hydrogens is 240 g/mol. The van der Waals surface area contributed by atoms with Crippen LogP contribution in [-0.2, 0) is 4.79 Å². The fraction of sp³-hybridized carbons (Fsp3) is 0.143. The molecule has 0 aliphatic heterocycles. The van der Waals surface area contributed by atoms with Gasteiger partial charge in [-0.2, -0.15) is 4.98 Å². The van der Waals surface area contributed by atoms with E-state index in [0.29, 0.717) is 0 Å². The maximum absolute atomic E-state index is 10.7. The van der Waals surface area contributed by atoms with Gasteiger partial charge >= 0.3 is 11.9 Å².